The molecule has 0 spiro atoms. The van der Waals surface area contributed by atoms with Gasteiger partial charge >= 0.3 is 0 Å². The topological polar surface area (TPSA) is 118 Å². The second-order valence-corrected chi connectivity index (χ2v) is 4.93. The number of benzene rings is 1. The van der Waals surface area contributed by atoms with E-state index < -0.39 is 23.2 Å². The number of nitrogens with one attached hydrogen (secondary N) is 1. The molecule has 0 saturated carbocycles. The molecule has 114 valence electrons. The lowest BCUT2D eigenvalue weighted by Crippen LogP contribution is -2.24. The number of nitrogens with zero attached hydrogens (tertiary/aromatic N) is 2. The minimum absolute atomic E-state index is 0.0523. The fourth-order valence-electron chi connectivity index (χ4n) is 2.50. The molecule has 1 aromatic heterocycles. The van der Waals surface area contributed by atoms with Crippen molar-refractivity contribution in [1.29, 1.82) is 5.26 Å². The Labute approximate surface area is 128 Å². The standard InChI is InChI=1S/C15H9FN4O3/c16-8-3-7(1-2-17)4-9(5-8)20-11(21)6-10-12(13(20)18)15(23)19-14(10)22/h3-6H,1,18H2,(H,19,22,23). The number of carbonyl (C=O) groups excluding carboxylic acids is 2. The summed E-state index contributed by atoms with van der Waals surface area (Å²) in [7, 11) is 0. The minimum Gasteiger partial charge on any atom is -0.384 e. The first-order chi connectivity index (χ1) is 10.9. The number of nitrogens with two attached hydrogens (primary N) is 1. The maximum atomic E-state index is 13.7. The summed E-state index contributed by atoms with van der Waals surface area (Å²) in [5.74, 6) is -2.33. The molecule has 8 heteroatoms. The molecule has 1 aliphatic heterocycles. The van der Waals surface area contributed by atoms with Crippen LogP contribution in [0.1, 0.15) is 26.3 Å². The second kappa shape index (κ2) is 5.06. The van der Waals surface area contributed by atoms with Gasteiger partial charge in [0, 0.05) is 6.07 Å². The summed E-state index contributed by atoms with van der Waals surface area (Å²) in [6.45, 7) is 0. The van der Waals surface area contributed by atoms with Gasteiger partial charge in [0.25, 0.3) is 17.4 Å². The van der Waals surface area contributed by atoms with Gasteiger partial charge < -0.3 is 5.73 Å². The van der Waals surface area contributed by atoms with Crippen molar-refractivity contribution in [2.24, 2.45) is 0 Å². The van der Waals surface area contributed by atoms with E-state index in [1.165, 1.54) is 6.07 Å². The number of imide groups is 1. The summed E-state index contributed by atoms with van der Waals surface area (Å²) >= 11 is 0. The molecule has 1 aromatic carbocycles. The third-order valence-corrected chi connectivity index (χ3v) is 3.44. The lowest BCUT2D eigenvalue weighted by molar-refractivity contribution is 0.0880. The minimum atomic E-state index is -0.718. The molecular weight excluding hydrogens is 303 g/mol. The smallest absolute Gasteiger partial charge is 0.262 e. The zero-order valence-corrected chi connectivity index (χ0v) is 11.6. The van der Waals surface area contributed by atoms with Crippen LogP contribution in [0.25, 0.3) is 5.69 Å². The Morgan fingerprint density at radius 2 is 1.91 bits per heavy atom. The Kier molecular flexibility index (Phi) is 3.19. The highest BCUT2D eigenvalue weighted by molar-refractivity contribution is 6.23. The first-order valence-electron chi connectivity index (χ1n) is 6.50. The Morgan fingerprint density at radius 1 is 1.17 bits per heavy atom. The summed E-state index contributed by atoms with van der Waals surface area (Å²) in [6.07, 6.45) is -0.0523. The molecule has 7 nitrogen and oxygen atoms in total. The number of amides is 2. The van der Waals surface area contributed by atoms with E-state index >= 15 is 0 Å². The quantitative estimate of drug-likeness (QED) is 0.783. The monoisotopic (exact) mass is 312 g/mol. The molecule has 2 amide bonds. The van der Waals surface area contributed by atoms with Crippen LogP contribution in [0.3, 0.4) is 0 Å². The molecule has 0 radical (unpaired) electrons. The van der Waals surface area contributed by atoms with Crippen LogP contribution in [0.2, 0.25) is 0 Å². The Morgan fingerprint density at radius 3 is 2.61 bits per heavy atom. The van der Waals surface area contributed by atoms with E-state index in [2.05, 4.69) is 0 Å². The van der Waals surface area contributed by atoms with Crippen molar-refractivity contribution in [2.75, 3.05) is 5.73 Å². The van der Waals surface area contributed by atoms with Gasteiger partial charge in [0.1, 0.15) is 11.6 Å². The van der Waals surface area contributed by atoms with Gasteiger partial charge in [-0.05, 0) is 23.8 Å². The lowest BCUT2D eigenvalue weighted by atomic mass is 10.1. The summed E-state index contributed by atoms with van der Waals surface area (Å²) in [6, 6.07) is 6.49. The number of aromatic nitrogens is 1. The zero-order chi connectivity index (χ0) is 16.7. The van der Waals surface area contributed by atoms with Gasteiger partial charge in [0.2, 0.25) is 0 Å². The Hall–Kier alpha value is -3.47. The van der Waals surface area contributed by atoms with Crippen molar-refractivity contribution < 1.29 is 14.0 Å². The molecule has 0 unspecified atom stereocenters. The third-order valence-electron chi connectivity index (χ3n) is 3.44. The predicted molar refractivity (Wildman–Crippen MR) is 77.5 cm³/mol. The fraction of sp³-hybridized carbons (Fsp3) is 0.0667. The van der Waals surface area contributed by atoms with Crippen molar-refractivity contribution >= 4 is 17.6 Å². The van der Waals surface area contributed by atoms with Crippen LogP contribution in [-0.2, 0) is 6.42 Å². The van der Waals surface area contributed by atoms with Crippen LogP contribution < -0.4 is 16.6 Å². The van der Waals surface area contributed by atoms with Crippen LogP contribution in [0.5, 0.6) is 0 Å². The number of anilines is 1. The summed E-state index contributed by atoms with van der Waals surface area (Å²) in [5.41, 5.74) is 5.38. The lowest BCUT2D eigenvalue weighted by Gasteiger charge is -2.12. The van der Waals surface area contributed by atoms with Gasteiger partial charge in [-0.15, -0.1) is 0 Å². The number of nitrogen functional groups attached to an aromatic ring is 1. The average molecular weight is 312 g/mol. The molecule has 1 aliphatic rings. The highest BCUT2D eigenvalue weighted by atomic mass is 19.1. The van der Waals surface area contributed by atoms with Gasteiger partial charge in [-0.3, -0.25) is 24.3 Å². The predicted octanol–water partition coefficient (Wildman–Crippen LogP) is 0.508. The van der Waals surface area contributed by atoms with Crippen molar-refractivity contribution in [3.8, 4) is 11.8 Å². The number of carbonyl (C=O) groups is 2. The van der Waals surface area contributed by atoms with Crippen LogP contribution in [-0.4, -0.2) is 16.4 Å². The van der Waals surface area contributed by atoms with E-state index in [9.17, 15) is 18.8 Å². The zero-order valence-electron chi connectivity index (χ0n) is 11.6. The van der Waals surface area contributed by atoms with Crippen molar-refractivity contribution in [3.05, 3.63) is 57.1 Å². The maximum Gasteiger partial charge on any atom is 0.262 e. The number of hydrogen-bond donors (Lipinski definition) is 2. The number of pyridine rings is 1. The summed E-state index contributed by atoms with van der Waals surface area (Å²) in [5, 5.41) is 10.8. The molecular formula is C15H9FN4O3. The van der Waals surface area contributed by atoms with Gasteiger partial charge in [-0.25, -0.2) is 4.39 Å². The summed E-state index contributed by atoms with van der Waals surface area (Å²) in [4.78, 5) is 35.6. The third kappa shape index (κ3) is 2.24. The van der Waals surface area contributed by atoms with Gasteiger partial charge in [0.05, 0.1) is 29.3 Å². The van der Waals surface area contributed by atoms with Crippen molar-refractivity contribution in [2.45, 2.75) is 6.42 Å². The largest absolute Gasteiger partial charge is 0.384 e. The number of fused-ring (bicyclic) bond motifs is 1. The molecule has 0 atom stereocenters. The molecule has 2 aromatic rings. The number of nitriles is 1. The van der Waals surface area contributed by atoms with Crippen molar-refractivity contribution in [3.63, 3.8) is 0 Å². The number of halogens is 1. The molecule has 0 fully saturated rings. The van der Waals surface area contributed by atoms with Gasteiger partial charge in [-0.1, -0.05) is 0 Å². The second-order valence-electron chi connectivity index (χ2n) is 4.93. The maximum absolute atomic E-state index is 13.7. The number of rotatable bonds is 2. The number of hydrogen-bond acceptors (Lipinski definition) is 5. The first-order valence-corrected chi connectivity index (χ1v) is 6.50. The molecule has 0 saturated heterocycles. The molecule has 2 heterocycles. The molecule has 23 heavy (non-hydrogen) atoms. The first kappa shape index (κ1) is 14.5. The average Bonchev–Trinajstić information content (AvgIpc) is 2.73. The van der Waals surface area contributed by atoms with E-state index in [0.717, 1.165) is 22.8 Å². The SMILES string of the molecule is N#CCc1cc(F)cc(-n2c(N)c3c(cc2=O)C(=O)NC3=O)c1. The Balaban J connectivity index is 2.29. The normalized spacial score (nSPS) is 12.7. The highest BCUT2D eigenvalue weighted by Gasteiger charge is 2.31. The van der Waals surface area contributed by atoms with E-state index in [0.29, 0.717) is 5.56 Å². The van der Waals surface area contributed by atoms with Crippen LogP contribution in [0, 0.1) is 17.1 Å². The van der Waals surface area contributed by atoms with Crippen LogP contribution >= 0.6 is 0 Å². The van der Waals surface area contributed by atoms with E-state index in [1.54, 1.807) is 0 Å². The van der Waals surface area contributed by atoms with Crippen LogP contribution in [0.15, 0.2) is 29.1 Å². The van der Waals surface area contributed by atoms with E-state index in [-0.39, 0.29) is 29.1 Å². The molecule has 3 rings (SSSR count). The van der Waals surface area contributed by atoms with Crippen molar-refractivity contribution in [1.82, 2.24) is 9.88 Å². The Bertz CT molecular complexity index is 972. The molecule has 0 bridgehead atoms. The van der Waals surface area contributed by atoms with Crippen LogP contribution in [0.4, 0.5) is 10.2 Å². The highest BCUT2D eigenvalue weighted by Crippen LogP contribution is 2.23. The summed E-state index contributed by atoms with van der Waals surface area (Å²) < 4.78 is 14.6. The molecule has 3 N–H and O–H groups in total. The van der Waals surface area contributed by atoms with E-state index in [4.69, 9.17) is 11.0 Å². The van der Waals surface area contributed by atoms with E-state index in [1.807, 2.05) is 11.4 Å². The molecule has 0 aliphatic carbocycles. The van der Waals surface area contributed by atoms with Gasteiger partial charge in [-0.2, -0.15) is 5.26 Å². The van der Waals surface area contributed by atoms with Gasteiger partial charge in [0.15, 0.2) is 0 Å². The fourth-order valence-corrected chi connectivity index (χ4v) is 2.50.